The summed E-state index contributed by atoms with van der Waals surface area (Å²) in [6, 6.07) is 15.0. The Hall–Kier alpha value is -3.51. The van der Waals surface area contributed by atoms with E-state index in [9.17, 15) is 9.59 Å². The number of ketones is 1. The van der Waals surface area contributed by atoms with Gasteiger partial charge in [0.2, 0.25) is 5.65 Å². The summed E-state index contributed by atoms with van der Waals surface area (Å²) in [6.45, 7) is 1.55. The lowest BCUT2D eigenvalue weighted by atomic mass is 9.87. The number of carbonyl (C=O) groups is 1. The van der Waals surface area contributed by atoms with Gasteiger partial charge in [0.1, 0.15) is 0 Å². The fourth-order valence-electron chi connectivity index (χ4n) is 4.19. The van der Waals surface area contributed by atoms with Crippen molar-refractivity contribution in [2.24, 2.45) is 5.73 Å². The molecular formula is C22H18N4O2. The average molecular weight is 370 g/mol. The number of hydrogen-bond acceptors (Lipinski definition) is 4. The fourth-order valence-corrected chi connectivity index (χ4v) is 4.19. The lowest BCUT2D eigenvalue weighted by molar-refractivity contribution is 0.101. The molecule has 0 radical (unpaired) electrons. The molecule has 2 aromatic heterocycles. The highest BCUT2D eigenvalue weighted by molar-refractivity contribution is 5.94. The largest absolute Gasteiger partial charge is 0.323 e. The Balaban J connectivity index is 1.77. The second kappa shape index (κ2) is 6.00. The summed E-state index contributed by atoms with van der Waals surface area (Å²) < 4.78 is 1.83. The summed E-state index contributed by atoms with van der Waals surface area (Å²) in [5.41, 5.74) is 12.1. The highest BCUT2D eigenvalue weighted by atomic mass is 16.1. The van der Waals surface area contributed by atoms with Crippen molar-refractivity contribution in [2.45, 2.75) is 18.9 Å². The molecule has 0 amide bonds. The van der Waals surface area contributed by atoms with Crippen LogP contribution in [0, 0.1) is 0 Å². The third-order valence-corrected chi connectivity index (χ3v) is 5.49. The summed E-state index contributed by atoms with van der Waals surface area (Å²) in [5.74, 6) is -0.176. The number of carbonyl (C=O) groups excluding carboxylic acids is 1. The number of H-pyrrole nitrogens is 1. The van der Waals surface area contributed by atoms with Gasteiger partial charge in [-0.1, -0.05) is 42.5 Å². The van der Waals surface area contributed by atoms with E-state index in [1.165, 1.54) is 0 Å². The zero-order valence-electron chi connectivity index (χ0n) is 15.2. The molecule has 1 aliphatic carbocycles. The molecule has 5 rings (SSSR count). The number of rotatable bonds is 3. The van der Waals surface area contributed by atoms with Gasteiger partial charge >= 0.3 is 0 Å². The second-order valence-electron chi connectivity index (χ2n) is 7.11. The van der Waals surface area contributed by atoms with Crippen molar-refractivity contribution in [1.29, 1.82) is 0 Å². The van der Waals surface area contributed by atoms with Crippen LogP contribution in [-0.4, -0.2) is 20.2 Å². The van der Waals surface area contributed by atoms with E-state index in [-0.39, 0.29) is 17.3 Å². The number of hydrogen-bond donors (Lipinski definition) is 2. The molecule has 0 saturated carbocycles. The lowest BCUT2D eigenvalue weighted by Gasteiger charge is -2.23. The van der Waals surface area contributed by atoms with Gasteiger partial charge < -0.3 is 10.7 Å². The van der Waals surface area contributed by atoms with E-state index in [4.69, 9.17) is 5.73 Å². The number of benzene rings is 2. The standard InChI is InChI=1S/C22H18N4O2/c1-12(27)13-5-4-6-14(11-13)18(23)17-15-7-2-3-8-16(15)19-20(17)26-10-9-24-21(26)22(28)25-19/h2-11,17-18H,23H2,1H3,(H,25,28). The maximum Gasteiger partial charge on any atom is 0.292 e. The first-order valence-electron chi connectivity index (χ1n) is 9.11. The van der Waals surface area contributed by atoms with Crippen LogP contribution in [0.25, 0.3) is 16.9 Å². The number of aromatic amines is 1. The quantitative estimate of drug-likeness (QED) is 0.542. The predicted molar refractivity (Wildman–Crippen MR) is 106 cm³/mol. The lowest BCUT2D eigenvalue weighted by Crippen LogP contribution is -2.23. The monoisotopic (exact) mass is 370 g/mol. The average Bonchev–Trinajstić information content (AvgIpc) is 3.31. The van der Waals surface area contributed by atoms with Crippen LogP contribution in [0.3, 0.4) is 0 Å². The maximum absolute atomic E-state index is 12.5. The Morgan fingerprint density at radius 3 is 2.86 bits per heavy atom. The zero-order chi connectivity index (χ0) is 19.4. The van der Waals surface area contributed by atoms with Crippen molar-refractivity contribution in [3.8, 4) is 11.3 Å². The van der Waals surface area contributed by atoms with E-state index in [0.717, 1.165) is 28.1 Å². The summed E-state index contributed by atoms with van der Waals surface area (Å²) in [5, 5.41) is 0. The van der Waals surface area contributed by atoms with Crippen LogP contribution in [0.15, 0.2) is 65.7 Å². The van der Waals surface area contributed by atoms with Crippen molar-refractivity contribution in [3.05, 3.63) is 93.7 Å². The molecule has 0 aliphatic heterocycles. The number of aromatic nitrogens is 3. The highest BCUT2D eigenvalue weighted by Gasteiger charge is 2.36. The zero-order valence-corrected chi connectivity index (χ0v) is 15.2. The van der Waals surface area contributed by atoms with Crippen LogP contribution in [-0.2, 0) is 0 Å². The Kier molecular flexibility index (Phi) is 3.57. The Labute approximate surface area is 160 Å². The molecular weight excluding hydrogens is 352 g/mol. The maximum atomic E-state index is 12.5. The van der Waals surface area contributed by atoms with Gasteiger partial charge in [-0.25, -0.2) is 4.98 Å². The number of nitrogens with zero attached hydrogens (tertiary/aromatic N) is 2. The van der Waals surface area contributed by atoms with Gasteiger partial charge in [0.05, 0.1) is 11.4 Å². The Morgan fingerprint density at radius 1 is 1.21 bits per heavy atom. The number of imidazole rings is 1. The number of nitrogens with one attached hydrogen (secondary N) is 1. The molecule has 138 valence electrons. The van der Waals surface area contributed by atoms with E-state index in [1.807, 2.05) is 46.9 Å². The number of nitrogens with two attached hydrogens (primary N) is 1. The first-order chi connectivity index (χ1) is 13.6. The summed E-state index contributed by atoms with van der Waals surface area (Å²) in [6.07, 6.45) is 3.41. The highest BCUT2D eigenvalue weighted by Crippen LogP contribution is 2.48. The van der Waals surface area contributed by atoms with Crippen molar-refractivity contribution in [1.82, 2.24) is 14.4 Å². The van der Waals surface area contributed by atoms with Gasteiger partial charge in [0.15, 0.2) is 5.78 Å². The van der Waals surface area contributed by atoms with E-state index in [2.05, 4.69) is 9.97 Å². The summed E-state index contributed by atoms with van der Waals surface area (Å²) in [4.78, 5) is 31.5. The SMILES string of the molecule is CC(=O)c1cccc(C(N)C2c3ccccc3-c3[nH]c(=O)c4nccn4c32)c1. The molecule has 0 bridgehead atoms. The molecule has 1 aliphatic rings. The van der Waals surface area contributed by atoms with E-state index < -0.39 is 6.04 Å². The topological polar surface area (TPSA) is 93.2 Å². The summed E-state index contributed by atoms with van der Waals surface area (Å²) in [7, 11) is 0. The van der Waals surface area contributed by atoms with Gasteiger partial charge in [0, 0.05) is 35.5 Å². The molecule has 2 atom stereocenters. The third kappa shape index (κ3) is 2.28. The van der Waals surface area contributed by atoms with Crippen LogP contribution in [0.4, 0.5) is 0 Å². The molecule has 6 nitrogen and oxygen atoms in total. The molecule has 2 aromatic carbocycles. The molecule has 2 unspecified atom stereocenters. The predicted octanol–water partition coefficient (Wildman–Crippen LogP) is 3.04. The molecule has 0 saturated heterocycles. The number of Topliss-reactive ketones (excluding diaryl/α,β-unsaturated/α-hetero) is 1. The minimum atomic E-state index is -0.391. The molecule has 4 aromatic rings. The van der Waals surface area contributed by atoms with Gasteiger partial charge in [0.25, 0.3) is 5.56 Å². The van der Waals surface area contributed by atoms with Gasteiger partial charge in [-0.2, -0.15) is 0 Å². The second-order valence-corrected chi connectivity index (χ2v) is 7.11. The molecule has 28 heavy (non-hydrogen) atoms. The van der Waals surface area contributed by atoms with Crippen molar-refractivity contribution in [2.75, 3.05) is 0 Å². The van der Waals surface area contributed by atoms with E-state index in [0.29, 0.717) is 11.2 Å². The molecule has 6 heteroatoms. The molecule has 0 spiro atoms. The minimum absolute atomic E-state index is 0.00241. The Morgan fingerprint density at radius 2 is 2.04 bits per heavy atom. The minimum Gasteiger partial charge on any atom is -0.323 e. The van der Waals surface area contributed by atoms with Crippen molar-refractivity contribution < 1.29 is 4.79 Å². The normalized spacial score (nSPS) is 16.0. The van der Waals surface area contributed by atoms with Crippen LogP contribution < -0.4 is 11.3 Å². The van der Waals surface area contributed by atoms with E-state index in [1.54, 1.807) is 25.4 Å². The molecule has 2 heterocycles. The van der Waals surface area contributed by atoms with Gasteiger partial charge in [-0.15, -0.1) is 0 Å². The van der Waals surface area contributed by atoms with Crippen LogP contribution in [0.2, 0.25) is 0 Å². The number of fused-ring (bicyclic) bond motifs is 5. The summed E-state index contributed by atoms with van der Waals surface area (Å²) >= 11 is 0. The first kappa shape index (κ1) is 16.6. The van der Waals surface area contributed by atoms with Crippen LogP contribution in [0.1, 0.15) is 46.1 Å². The molecule has 0 fully saturated rings. The Bertz CT molecular complexity index is 1300. The fraction of sp³-hybridized carbons (Fsp3) is 0.136. The van der Waals surface area contributed by atoms with Crippen molar-refractivity contribution >= 4 is 11.4 Å². The van der Waals surface area contributed by atoms with E-state index >= 15 is 0 Å². The third-order valence-electron chi connectivity index (χ3n) is 5.49. The van der Waals surface area contributed by atoms with Crippen LogP contribution >= 0.6 is 0 Å². The smallest absolute Gasteiger partial charge is 0.292 e. The molecule has 3 N–H and O–H groups in total. The first-order valence-corrected chi connectivity index (χ1v) is 9.11. The van der Waals surface area contributed by atoms with Crippen LogP contribution in [0.5, 0.6) is 0 Å². The van der Waals surface area contributed by atoms with Gasteiger partial charge in [-0.3, -0.25) is 14.0 Å². The van der Waals surface area contributed by atoms with Gasteiger partial charge in [-0.05, 0) is 24.1 Å². The van der Waals surface area contributed by atoms with Crippen molar-refractivity contribution in [3.63, 3.8) is 0 Å².